The predicted octanol–water partition coefficient (Wildman–Crippen LogP) is 2.88. The third-order valence-electron chi connectivity index (χ3n) is 2.59. The Hall–Kier alpha value is -2.36. The van der Waals surface area contributed by atoms with Gasteiger partial charge in [-0.1, -0.05) is 12.1 Å². The van der Waals surface area contributed by atoms with Crippen LogP contribution in [0.5, 0.6) is 0 Å². The van der Waals surface area contributed by atoms with Gasteiger partial charge in [-0.05, 0) is 36.8 Å². The normalized spacial score (nSPS) is 10.1. The fourth-order valence-corrected chi connectivity index (χ4v) is 1.66. The second kappa shape index (κ2) is 5.31. The number of rotatable bonds is 4. The van der Waals surface area contributed by atoms with Gasteiger partial charge in [0.15, 0.2) is 0 Å². The zero-order chi connectivity index (χ0) is 13.0. The number of benzene rings is 1. The molecular weight excluding hydrogens is 228 g/mol. The van der Waals surface area contributed by atoms with Gasteiger partial charge in [0, 0.05) is 18.3 Å². The van der Waals surface area contributed by atoms with Crippen LogP contribution in [0.4, 0.5) is 5.82 Å². The summed E-state index contributed by atoms with van der Waals surface area (Å²) in [5.74, 6) is -0.0782. The minimum absolute atomic E-state index is 0.288. The first-order valence-corrected chi connectivity index (χ1v) is 5.74. The van der Waals surface area contributed by atoms with Gasteiger partial charge in [0.25, 0.3) is 0 Å². The van der Waals surface area contributed by atoms with Crippen molar-refractivity contribution in [1.29, 1.82) is 0 Å². The summed E-state index contributed by atoms with van der Waals surface area (Å²) in [5.41, 5.74) is 2.21. The average Bonchev–Trinajstić information content (AvgIpc) is 2.40. The summed E-state index contributed by atoms with van der Waals surface area (Å²) in [6, 6.07) is 10.6. The Kier molecular flexibility index (Phi) is 3.57. The number of carboxylic acids is 1. The van der Waals surface area contributed by atoms with Crippen LogP contribution in [-0.4, -0.2) is 22.6 Å². The molecule has 0 aliphatic rings. The molecule has 0 amide bonds. The van der Waals surface area contributed by atoms with E-state index in [9.17, 15) is 4.79 Å². The molecule has 0 spiro atoms. The highest BCUT2D eigenvalue weighted by Crippen LogP contribution is 2.20. The smallest absolute Gasteiger partial charge is 0.335 e. The Bertz CT molecular complexity index is 533. The lowest BCUT2D eigenvalue weighted by Crippen LogP contribution is -1.98. The summed E-state index contributed by atoms with van der Waals surface area (Å²) in [7, 11) is 0. The Morgan fingerprint density at radius 1 is 1.17 bits per heavy atom. The van der Waals surface area contributed by atoms with Crippen LogP contribution in [0.1, 0.15) is 17.3 Å². The van der Waals surface area contributed by atoms with Crippen molar-refractivity contribution >= 4 is 11.8 Å². The highest BCUT2D eigenvalue weighted by Gasteiger charge is 2.03. The minimum atomic E-state index is -0.915. The van der Waals surface area contributed by atoms with Crippen molar-refractivity contribution in [3.05, 3.63) is 48.2 Å². The number of aromatic nitrogens is 1. The summed E-state index contributed by atoms with van der Waals surface area (Å²) in [6.45, 7) is 2.85. The van der Waals surface area contributed by atoms with E-state index in [4.69, 9.17) is 5.11 Å². The first-order chi connectivity index (χ1) is 8.70. The van der Waals surface area contributed by atoms with Gasteiger partial charge in [-0.25, -0.2) is 9.78 Å². The molecule has 0 radical (unpaired) electrons. The van der Waals surface area contributed by atoms with Crippen molar-refractivity contribution in [2.75, 3.05) is 11.9 Å². The molecule has 0 unspecified atom stereocenters. The van der Waals surface area contributed by atoms with Crippen LogP contribution in [0.2, 0.25) is 0 Å². The number of anilines is 1. The second-order valence-electron chi connectivity index (χ2n) is 3.84. The summed E-state index contributed by atoms with van der Waals surface area (Å²) >= 11 is 0. The Morgan fingerprint density at radius 3 is 2.33 bits per heavy atom. The van der Waals surface area contributed by atoms with Crippen LogP contribution in [0.25, 0.3) is 11.1 Å². The van der Waals surface area contributed by atoms with E-state index in [0.29, 0.717) is 0 Å². The molecule has 2 rings (SSSR count). The van der Waals surface area contributed by atoms with E-state index in [1.165, 1.54) is 0 Å². The van der Waals surface area contributed by atoms with Gasteiger partial charge in [0.2, 0.25) is 0 Å². The van der Waals surface area contributed by atoms with E-state index in [1.54, 1.807) is 30.5 Å². The van der Waals surface area contributed by atoms with E-state index < -0.39 is 5.97 Å². The van der Waals surface area contributed by atoms with E-state index in [0.717, 1.165) is 23.5 Å². The quantitative estimate of drug-likeness (QED) is 0.865. The molecule has 4 heteroatoms. The van der Waals surface area contributed by atoms with Crippen molar-refractivity contribution < 1.29 is 9.90 Å². The van der Waals surface area contributed by atoms with Crippen LogP contribution in [-0.2, 0) is 0 Å². The number of hydrogen-bond donors (Lipinski definition) is 2. The number of pyridine rings is 1. The summed E-state index contributed by atoms with van der Waals surface area (Å²) < 4.78 is 0. The van der Waals surface area contributed by atoms with Gasteiger partial charge in [-0.2, -0.15) is 0 Å². The lowest BCUT2D eigenvalue weighted by molar-refractivity contribution is 0.0697. The van der Waals surface area contributed by atoms with Crippen LogP contribution < -0.4 is 5.32 Å². The molecule has 0 aliphatic heterocycles. The number of nitrogens with one attached hydrogen (secondary N) is 1. The van der Waals surface area contributed by atoms with Crippen LogP contribution in [0.15, 0.2) is 42.6 Å². The maximum Gasteiger partial charge on any atom is 0.335 e. The van der Waals surface area contributed by atoms with E-state index in [2.05, 4.69) is 10.3 Å². The van der Waals surface area contributed by atoms with Gasteiger partial charge in [0.1, 0.15) is 5.82 Å². The zero-order valence-electron chi connectivity index (χ0n) is 10.1. The standard InChI is InChI=1S/C14H14N2O2/c1-2-15-13-8-7-12(9-16-13)10-3-5-11(6-4-10)14(17)18/h3-9H,2H2,1H3,(H,15,16)(H,17,18). The van der Waals surface area contributed by atoms with Crippen LogP contribution in [0.3, 0.4) is 0 Å². The number of aromatic carboxylic acids is 1. The topological polar surface area (TPSA) is 62.2 Å². The molecule has 92 valence electrons. The molecule has 2 aromatic rings. The van der Waals surface area contributed by atoms with Crippen molar-refractivity contribution in [3.63, 3.8) is 0 Å². The fourth-order valence-electron chi connectivity index (χ4n) is 1.66. The molecule has 0 saturated heterocycles. The van der Waals surface area contributed by atoms with Crippen LogP contribution >= 0.6 is 0 Å². The first-order valence-electron chi connectivity index (χ1n) is 5.74. The SMILES string of the molecule is CCNc1ccc(-c2ccc(C(=O)O)cc2)cn1. The van der Waals surface area contributed by atoms with E-state index >= 15 is 0 Å². The van der Waals surface area contributed by atoms with Crippen molar-refractivity contribution in [2.24, 2.45) is 0 Å². The molecule has 2 N–H and O–H groups in total. The lowest BCUT2D eigenvalue weighted by atomic mass is 10.1. The average molecular weight is 242 g/mol. The molecule has 18 heavy (non-hydrogen) atoms. The summed E-state index contributed by atoms with van der Waals surface area (Å²) in [6.07, 6.45) is 1.77. The maximum absolute atomic E-state index is 10.7. The second-order valence-corrected chi connectivity index (χ2v) is 3.84. The fraction of sp³-hybridized carbons (Fsp3) is 0.143. The predicted molar refractivity (Wildman–Crippen MR) is 70.8 cm³/mol. The first kappa shape index (κ1) is 12.1. The molecule has 4 nitrogen and oxygen atoms in total. The van der Waals surface area contributed by atoms with E-state index in [1.807, 2.05) is 19.1 Å². The van der Waals surface area contributed by atoms with Crippen molar-refractivity contribution in [3.8, 4) is 11.1 Å². The number of hydrogen-bond acceptors (Lipinski definition) is 3. The lowest BCUT2D eigenvalue weighted by Gasteiger charge is -2.05. The zero-order valence-corrected chi connectivity index (χ0v) is 10.1. The molecule has 0 bridgehead atoms. The molecular formula is C14H14N2O2. The third-order valence-corrected chi connectivity index (χ3v) is 2.59. The summed E-state index contributed by atoms with van der Waals surface area (Å²) in [5, 5.41) is 11.9. The van der Waals surface area contributed by atoms with Gasteiger partial charge in [-0.3, -0.25) is 0 Å². The maximum atomic E-state index is 10.7. The third kappa shape index (κ3) is 2.66. The molecule has 0 fully saturated rings. The highest BCUT2D eigenvalue weighted by molar-refractivity contribution is 5.88. The largest absolute Gasteiger partial charge is 0.478 e. The molecule has 1 aromatic heterocycles. The van der Waals surface area contributed by atoms with Gasteiger partial charge < -0.3 is 10.4 Å². The summed E-state index contributed by atoms with van der Waals surface area (Å²) in [4.78, 5) is 15.0. The van der Waals surface area contributed by atoms with Crippen LogP contribution in [0, 0.1) is 0 Å². The molecule has 0 atom stereocenters. The minimum Gasteiger partial charge on any atom is -0.478 e. The molecule has 1 heterocycles. The monoisotopic (exact) mass is 242 g/mol. The van der Waals surface area contributed by atoms with Crippen molar-refractivity contribution in [2.45, 2.75) is 6.92 Å². The number of carbonyl (C=O) groups is 1. The molecule has 0 saturated carbocycles. The Balaban J connectivity index is 2.23. The number of carboxylic acid groups (broad SMARTS) is 1. The highest BCUT2D eigenvalue weighted by atomic mass is 16.4. The van der Waals surface area contributed by atoms with Gasteiger partial charge in [-0.15, -0.1) is 0 Å². The molecule has 0 aliphatic carbocycles. The molecule has 1 aromatic carbocycles. The van der Waals surface area contributed by atoms with E-state index in [-0.39, 0.29) is 5.56 Å². The Labute approximate surface area is 105 Å². The number of nitrogens with zero attached hydrogens (tertiary/aromatic N) is 1. The Morgan fingerprint density at radius 2 is 1.83 bits per heavy atom. The van der Waals surface area contributed by atoms with Gasteiger partial charge in [0.05, 0.1) is 5.56 Å². The van der Waals surface area contributed by atoms with Gasteiger partial charge >= 0.3 is 5.97 Å². The van der Waals surface area contributed by atoms with Crippen molar-refractivity contribution in [1.82, 2.24) is 4.98 Å².